The molecule has 1 aromatic heterocycles. The summed E-state index contributed by atoms with van der Waals surface area (Å²) in [6.45, 7) is 1.38. The molecule has 0 bridgehead atoms. The Hall–Kier alpha value is -3.45. The molecule has 2 aliphatic rings. The molecule has 2 N–H and O–H groups in total. The van der Waals surface area contributed by atoms with Crippen molar-refractivity contribution in [1.82, 2.24) is 15.5 Å². The zero-order valence-electron chi connectivity index (χ0n) is 18.3. The number of carbonyl (C=O) groups is 3. The van der Waals surface area contributed by atoms with Crippen molar-refractivity contribution >= 4 is 29.2 Å². The second-order valence-corrected chi connectivity index (χ2v) is 9.69. The van der Waals surface area contributed by atoms with Crippen LogP contribution in [0.3, 0.4) is 0 Å². The Kier molecular flexibility index (Phi) is 5.50. The fourth-order valence-electron chi connectivity index (χ4n) is 4.69. The van der Waals surface area contributed by atoms with E-state index in [1.54, 1.807) is 18.3 Å². The van der Waals surface area contributed by atoms with Gasteiger partial charge in [-0.15, -0.1) is 11.3 Å². The summed E-state index contributed by atoms with van der Waals surface area (Å²) in [6, 6.07) is 18.6. The number of nitrogens with zero attached hydrogens (tertiary/aromatic N) is 1. The van der Waals surface area contributed by atoms with E-state index in [9.17, 15) is 14.4 Å². The molecule has 1 fully saturated rings. The maximum absolute atomic E-state index is 13.3. The van der Waals surface area contributed by atoms with Gasteiger partial charge in [0.2, 0.25) is 5.91 Å². The minimum absolute atomic E-state index is 0.333. The monoisotopic (exact) mass is 459 g/mol. The lowest BCUT2D eigenvalue weighted by Crippen LogP contribution is -2.44. The molecular formula is C26H25N3O3S. The Labute approximate surface area is 196 Å². The number of rotatable bonds is 6. The van der Waals surface area contributed by atoms with Crippen LogP contribution in [0.25, 0.3) is 0 Å². The van der Waals surface area contributed by atoms with Gasteiger partial charge in [-0.05, 0) is 59.9 Å². The van der Waals surface area contributed by atoms with Crippen molar-refractivity contribution in [3.63, 3.8) is 0 Å². The molecule has 7 heteroatoms. The Morgan fingerprint density at radius 3 is 2.64 bits per heavy atom. The van der Waals surface area contributed by atoms with E-state index in [2.05, 4.69) is 10.6 Å². The van der Waals surface area contributed by atoms with E-state index in [1.807, 2.05) is 66.0 Å². The van der Waals surface area contributed by atoms with E-state index in [0.717, 1.165) is 40.2 Å². The summed E-state index contributed by atoms with van der Waals surface area (Å²) >= 11 is 1.54. The van der Waals surface area contributed by atoms with Crippen LogP contribution < -0.4 is 10.6 Å². The normalized spacial score (nSPS) is 20.5. The maximum atomic E-state index is 13.3. The topological polar surface area (TPSA) is 78.5 Å². The van der Waals surface area contributed by atoms with Crippen LogP contribution in [0, 0.1) is 0 Å². The smallest absolute Gasteiger partial charge is 0.325 e. The first-order valence-electron chi connectivity index (χ1n) is 11.1. The lowest BCUT2D eigenvalue weighted by Gasteiger charge is -2.23. The first-order valence-corrected chi connectivity index (χ1v) is 12.0. The van der Waals surface area contributed by atoms with Crippen LogP contribution in [0.5, 0.6) is 0 Å². The molecular weight excluding hydrogens is 434 g/mol. The van der Waals surface area contributed by atoms with Crippen LogP contribution in [0.1, 0.15) is 46.5 Å². The third kappa shape index (κ3) is 3.93. The molecule has 6 nitrogen and oxygen atoms in total. The summed E-state index contributed by atoms with van der Waals surface area (Å²) in [6.07, 6.45) is 3.14. The third-order valence-electron chi connectivity index (χ3n) is 6.52. The third-order valence-corrected chi connectivity index (χ3v) is 7.46. The van der Waals surface area contributed by atoms with Crippen LogP contribution >= 0.6 is 11.3 Å². The molecule has 2 aromatic carbocycles. The van der Waals surface area contributed by atoms with Gasteiger partial charge in [0.15, 0.2) is 0 Å². The lowest BCUT2D eigenvalue weighted by atomic mass is 9.89. The largest absolute Gasteiger partial charge is 0.343 e. The molecule has 0 radical (unpaired) electrons. The van der Waals surface area contributed by atoms with Gasteiger partial charge in [0.05, 0.1) is 6.04 Å². The zero-order valence-corrected chi connectivity index (χ0v) is 19.2. The van der Waals surface area contributed by atoms with E-state index in [1.165, 1.54) is 11.1 Å². The number of carbonyl (C=O) groups excluding carboxylic acids is 3. The molecule has 2 atom stereocenters. The number of urea groups is 1. The van der Waals surface area contributed by atoms with Gasteiger partial charge >= 0.3 is 6.03 Å². The Morgan fingerprint density at radius 1 is 1.09 bits per heavy atom. The van der Waals surface area contributed by atoms with Gasteiger partial charge in [-0.3, -0.25) is 14.5 Å². The van der Waals surface area contributed by atoms with E-state index < -0.39 is 17.5 Å². The van der Waals surface area contributed by atoms with Crippen LogP contribution in [0.2, 0.25) is 0 Å². The number of nitrogens with one attached hydrogen (secondary N) is 2. The van der Waals surface area contributed by atoms with Gasteiger partial charge in [0.25, 0.3) is 5.91 Å². The van der Waals surface area contributed by atoms with Gasteiger partial charge in [0, 0.05) is 4.88 Å². The van der Waals surface area contributed by atoms with Crippen molar-refractivity contribution < 1.29 is 14.4 Å². The average Bonchev–Trinajstić information content (AvgIpc) is 3.56. The number of thiophene rings is 1. The van der Waals surface area contributed by atoms with E-state index >= 15 is 0 Å². The molecule has 168 valence electrons. The molecule has 0 spiro atoms. The highest BCUT2D eigenvalue weighted by molar-refractivity contribution is 7.10. The molecule has 4 amide bonds. The number of hydrogen-bond donors (Lipinski definition) is 2. The standard InChI is InChI=1S/C26H25N3O3S/c1-26(20-13-12-17-9-5-10-19(17)15-20)24(31)29(25(32)28-26)16-22(30)27-23(21-11-6-14-33-21)18-7-3-2-4-8-18/h2-4,6-8,11-15,23H,5,9-10,16H2,1H3,(H,27,30)(H,28,32)/t23-,26-/m1/s1. The highest BCUT2D eigenvalue weighted by Gasteiger charge is 2.49. The van der Waals surface area contributed by atoms with Crippen molar-refractivity contribution in [3.05, 3.63) is 93.2 Å². The fraction of sp³-hybridized carbons (Fsp3) is 0.269. The van der Waals surface area contributed by atoms with Crippen LogP contribution in [0.4, 0.5) is 4.79 Å². The quantitative estimate of drug-likeness (QED) is 0.549. The lowest BCUT2D eigenvalue weighted by molar-refractivity contribution is -0.135. The van der Waals surface area contributed by atoms with E-state index in [0.29, 0.717) is 0 Å². The summed E-state index contributed by atoms with van der Waals surface area (Å²) in [5.41, 5.74) is 3.05. The summed E-state index contributed by atoms with van der Waals surface area (Å²) in [5.74, 6) is -0.799. The number of aryl methyl sites for hydroxylation is 2. The summed E-state index contributed by atoms with van der Waals surface area (Å²) in [7, 11) is 0. The molecule has 1 aliphatic heterocycles. The minimum atomic E-state index is -1.18. The van der Waals surface area contributed by atoms with Crippen LogP contribution in [-0.2, 0) is 28.0 Å². The predicted molar refractivity (Wildman–Crippen MR) is 127 cm³/mol. The zero-order chi connectivity index (χ0) is 23.0. The van der Waals surface area contributed by atoms with Crippen molar-refractivity contribution in [2.45, 2.75) is 37.8 Å². The van der Waals surface area contributed by atoms with Gasteiger partial charge < -0.3 is 10.6 Å². The molecule has 2 heterocycles. The van der Waals surface area contributed by atoms with Crippen molar-refractivity contribution in [2.24, 2.45) is 0 Å². The number of benzene rings is 2. The number of amides is 4. The second kappa shape index (κ2) is 8.48. The summed E-state index contributed by atoms with van der Waals surface area (Å²) in [5, 5.41) is 7.77. The van der Waals surface area contributed by atoms with Crippen molar-refractivity contribution in [2.75, 3.05) is 6.54 Å². The molecule has 0 unspecified atom stereocenters. The van der Waals surface area contributed by atoms with Gasteiger partial charge in [-0.25, -0.2) is 4.79 Å². The Morgan fingerprint density at radius 2 is 1.88 bits per heavy atom. The van der Waals surface area contributed by atoms with Crippen LogP contribution in [-0.4, -0.2) is 29.3 Å². The Bertz CT molecular complexity index is 1210. The fourth-order valence-corrected chi connectivity index (χ4v) is 5.49. The number of hydrogen-bond acceptors (Lipinski definition) is 4. The van der Waals surface area contributed by atoms with E-state index in [4.69, 9.17) is 0 Å². The maximum Gasteiger partial charge on any atom is 0.325 e. The van der Waals surface area contributed by atoms with Gasteiger partial charge in [-0.2, -0.15) is 0 Å². The first kappa shape index (κ1) is 21.4. The van der Waals surface area contributed by atoms with Crippen molar-refractivity contribution in [3.8, 4) is 0 Å². The molecule has 1 saturated heterocycles. The highest BCUT2D eigenvalue weighted by Crippen LogP contribution is 2.33. The molecule has 1 aliphatic carbocycles. The van der Waals surface area contributed by atoms with Gasteiger partial charge in [0.1, 0.15) is 12.1 Å². The summed E-state index contributed by atoms with van der Waals surface area (Å²) in [4.78, 5) is 41.0. The van der Waals surface area contributed by atoms with E-state index in [-0.39, 0.29) is 18.5 Å². The average molecular weight is 460 g/mol. The molecule has 5 rings (SSSR count). The summed E-state index contributed by atoms with van der Waals surface area (Å²) < 4.78 is 0. The number of imide groups is 1. The molecule has 3 aromatic rings. The van der Waals surface area contributed by atoms with Crippen molar-refractivity contribution in [1.29, 1.82) is 0 Å². The predicted octanol–water partition coefficient (Wildman–Crippen LogP) is 3.91. The second-order valence-electron chi connectivity index (χ2n) is 8.71. The highest BCUT2D eigenvalue weighted by atomic mass is 32.1. The van der Waals surface area contributed by atoms with Gasteiger partial charge in [-0.1, -0.05) is 54.6 Å². The Balaban J connectivity index is 1.34. The first-order chi connectivity index (χ1) is 16.0. The molecule has 33 heavy (non-hydrogen) atoms. The number of fused-ring (bicyclic) bond motifs is 1. The van der Waals surface area contributed by atoms with Crippen LogP contribution in [0.15, 0.2) is 66.0 Å². The minimum Gasteiger partial charge on any atom is -0.343 e. The SMILES string of the molecule is C[C@]1(c2ccc3c(c2)CCC3)NC(=O)N(CC(=O)N[C@H](c2ccccc2)c2cccs2)C1=O. The molecule has 0 saturated carbocycles.